The predicted octanol–water partition coefficient (Wildman–Crippen LogP) is 1.22. The first-order chi connectivity index (χ1) is 8.24. The number of carbonyl (C=O) groups excluding carboxylic acids is 1. The lowest BCUT2D eigenvalue weighted by molar-refractivity contribution is 0.0104. The van der Waals surface area contributed by atoms with Crippen molar-refractivity contribution in [1.29, 1.82) is 0 Å². The maximum absolute atomic E-state index is 11.8. The number of hydrogen-bond donors (Lipinski definition) is 1. The summed E-state index contributed by atoms with van der Waals surface area (Å²) in [4.78, 5) is 25.3. The molecule has 1 unspecified atom stereocenters. The molecule has 100 valence electrons. The van der Waals surface area contributed by atoms with Gasteiger partial charge < -0.3 is 14.7 Å². The molecular weight excluding hydrogens is 236 g/mol. The van der Waals surface area contributed by atoms with Crippen LogP contribution in [0.4, 0.5) is 9.59 Å². The second-order valence-electron chi connectivity index (χ2n) is 5.08. The van der Waals surface area contributed by atoms with Crippen molar-refractivity contribution in [3.63, 3.8) is 0 Å². The average molecular weight is 254 g/mol. The van der Waals surface area contributed by atoms with Gasteiger partial charge in [0, 0.05) is 13.1 Å². The van der Waals surface area contributed by atoms with Gasteiger partial charge in [0.25, 0.3) is 0 Å². The number of terminal acetylenes is 1. The fourth-order valence-corrected chi connectivity index (χ4v) is 1.65. The Bertz CT molecular complexity index is 381. The first-order valence-corrected chi connectivity index (χ1v) is 5.68. The molecular formula is C12H18N2O4. The lowest BCUT2D eigenvalue weighted by Crippen LogP contribution is -2.56. The van der Waals surface area contributed by atoms with E-state index < -0.39 is 23.8 Å². The molecule has 1 aliphatic heterocycles. The van der Waals surface area contributed by atoms with Crippen LogP contribution in [-0.4, -0.2) is 58.4 Å². The standard InChI is InChI=1S/C12H18N2O4/c1-5-9-8-13(6-7-14(9)10(15)16)11(17)18-12(2,3)4/h1,9H,6-8H2,2-4H3,(H,15,16). The molecule has 1 heterocycles. The highest BCUT2D eigenvalue weighted by atomic mass is 16.6. The minimum atomic E-state index is -1.07. The smallest absolute Gasteiger partial charge is 0.410 e. The molecule has 1 aliphatic rings. The van der Waals surface area contributed by atoms with Crippen molar-refractivity contribution in [2.75, 3.05) is 19.6 Å². The summed E-state index contributed by atoms with van der Waals surface area (Å²) >= 11 is 0. The van der Waals surface area contributed by atoms with E-state index in [1.54, 1.807) is 20.8 Å². The number of amides is 2. The largest absolute Gasteiger partial charge is 0.465 e. The number of carboxylic acid groups (broad SMARTS) is 1. The molecule has 6 heteroatoms. The summed E-state index contributed by atoms with van der Waals surface area (Å²) in [5.41, 5.74) is -0.577. The van der Waals surface area contributed by atoms with Crippen molar-refractivity contribution in [1.82, 2.24) is 9.80 Å². The molecule has 0 aromatic rings. The Morgan fingerprint density at radius 3 is 2.44 bits per heavy atom. The van der Waals surface area contributed by atoms with Crippen molar-refractivity contribution < 1.29 is 19.4 Å². The van der Waals surface area contributed by atoms with Gasteiger partial charge in [0.1, 0.15) is 11.6 Å². The molecule has 1 atom stereocenters. The summed E-state index contributed by atoms with van der Waals surface area (Å²) in [6.07, 6.45) is 3.75. The number of hydrogen-bond acceptors (Lipinski definition) is 3. The third-order valence-corrected chi connectivity index (χ3v) is 2.47. The molecule has 1 rings (SSSR count). The number of piperazine rings is 1. The topological polar surface area (TPSA) is 70.1 Å². The minimum Gasteiger partial charge on any atom is -0.465 e. The maximum atomic E-state index is 11.8. The minimum absolute atomic E-state index is 0.164. The van der Waals surface area contributed by atoms with Gasteiger partial charge in [0.15, 0.2) is 0 Å². The van der Waals surface area contributed by atoms with E-state index >= 15 is 0 Å². The zero-order valence-corrected chi connectivity index (χ0v) is 10.8. The molecule has 0 saturated carbocycles. The Kier molecular flexibility index (Phi) is 4.07. The fourth-order valence-electron chi connectivity index (χ4n) is 1.65. The first-order valence-electron chi connectivity index (χ1n) is 5.68. The average Bonchev–Trinajstić information content (AvgIpc) is 2.25. The van der Waals surface area contributed by atoms with Crippen LogP contribution in [0.2, 0.25) is 0 Å². The van der Waals surface area contributed by atoms with Crippen LogP contribution in [0.1, 0.15) is 20.8 Å². The lowest BCUT2D eigenvalue weighted by Gasteiger charge is -2.37. The van der Waals surface area contributed by atoms with E-state index in [2.05, 4.69) is 5.92 Å². The zero-order valence-electron chi connectivity index (χ0n) is 10.8. The second-order valence-corrected chi connectivity index (χ2v) is 5.08. The van der Waals surface area contributed by atoms with E-state index in [-0.39, 0.29) is 13.1 Å². The number of ether oxygens (including phenoxy) is 1. The van der Waals surface area contributed by atoms with Gasteiger partial charge in [-0.05, 0) is 20.8 Å². The Morgan fingerprint density at radius 2 is 2.00 bits per heavy atom. The van der Waals surface area contributed by atoms with Crippen molar-refractivity contribution in [3.8, 4) is 12.3 Å². The lowest BCUT2D eigenvalue weighted by atomic mass is 10.2. The summed E-state index contributed by atoms with van der Waals surface area (Å²) in [5, 5.41) is 8.95. The van der Waals surface area contributed by atoms with Crippen LogP contribution >= 0.6 is 0 Å². The summed E-state index contributed by atoms with van der Waals surface area (Å²) < 4.78 is 5.22. The van der Waals surface area contributed by atoms with Crippen LogP contribution in [0, 0.1) is 12.3 Å². The molecule has 6 nitrogen and oxygen atoms in total. The maximum Gasteiger partial charge on any atom is 0.410 e. The molecule has 0 aliphatic carbocycles. The SMILES string of the molecule is C#CC1CN(C(=O)OC(C)(C)C)CCN1C(=O)O. The monoisotopic (exact) mass is 254 g/mol. The van der Waals surface area contributed by atoms with Gasteiger partial charge in [-0.2, -0.15) is 0 Å². The van der Waals surface area contributed by atoms with Gasteiger partial charge in [-0.1, -0.05) is 5.92 Å². The Hall–Kier alpha value is -1.90. The molecule has 1 N–H and O–H groups in total. The Labute approximate surface area is 106 Å². The molecule has 0 radical (unpaired) electrons. The zero-order chi connectivity index (χ0) is 13.9. The van der Waals surface area contributed by atoms with Crippen molar-refractivity contribution in [2.45, 2.75) is 32.4 Å². The first kappa shape index (κ1) is 14.2. The van der Waals surface area contributed by atoms with Crippen LogP contribution < -0.4 is 0 Å². The van der Waals surface area contributed by atoms with E-state index in [9.17, 15) is 9.59 Å². The van der Waals surface area contributed by atoms with E-state index in [1.807, 2.05) is 0 Å². The van der Waals surface area contributed by atoms with Gasteiger partial charge >= 0.3 is 12.2 Å². The van der Waals surface area contributed by atoms with Gasteiger partial charge in [0.05, 0.1) is 6.54 Å². The molecule has 0 aromatic heterocycles. The summed E-state index contributed by atoms with van der Waals surface area (Å²) in [5.74, 6) is 2.38. The number of rotatable bonds is 0. The van der Waals surface area contributed by atoms with E-state index in [4.69, 9.17) is 16.3 Å². The molecule has 0 aromatic carbocycles. The van der Waals surface area contributed by atoms with Crippen LogP contribution in [0.3, 0.4) is 0 Å². The van der Waals surface area contributed by atoms with Crippen LogP contribution in [-0.2, 0) is 4.74 Å². The highest BCUT2D eigenvalue weighted by Crippen LogP contribution is 2.14. The fraction of sp³-hybridized carbons (Fsp3) is 0.667. The van der Waals surface area contributed by atoms with Crippen LogP contribution in [0.25, 0.3) is 0 Å². The molecule has 1 saturated heterocycles. The number of nitrogens with zero attached hydrogens (tertiary/aromatic N) is 2. The van der Waals surface area contributed by atoms with Crippen molar-refractivity contribution in [2.24, 2.45) is 0 Å². The van der Waals surface area contributed by atoms with Gasteiger partial charge in [-0.15, -0.1) is 6.42 Å². The summed E-state index contributed by atoms with van der Waals surface area (Å²) in [7, 11) is 0. The molecule has 0 bridgehead atoms. The van der Waals surface area contributed by atoms with E-state index in [0.717, 1.165) is 4.90 Å². The van der Waals surface area contributed by atoms with E-state index in [1.165, 1.54) is 4.90 Å². The molecule has 2 amide bonds. The van der Waals surface area contributed by atoms with Crippen LogP contribution in [0.15, 0.2) is 0 Å². The molecule has 0 spiro atoms. The Morgan fingerprint density at radius 1 is 1.39 bits per heavy atom. The summed E-state index contributed by atoms with van der Waals surface area (Å²) in [6, 6.07) is -0.622. The Balaban J connectivity index is 2.66. The van der Waals surface area contributed by atoms with Gasteiger partial charge in [0.2, 0.25) is 0 Å². The predicted molar refractivity (Wildman–Crippen MR) is 65.2 cm³/mol. The molecule has 18 heavy (non-hydrogen) atoms. The van der Waals surface area contributed by atoms with Gasteiger partial charge in [-0.3, -0.25) is 4.90 Å². The van der Waals surface area contributed by atoms with Crippen molar-refractivity contribution >= 4 is 12.2 Å². The summed E-state index contributed by atoms with van der Waals surface area (Å²) in [6.45, 7) is 5.98. The second kappa shape index (κ2) is 5.17. The highest BCUT2D eigenvalue weighted by Gasteiger charge is 2.33. The van der Waals surface area contributed by atoms with Crippen molar-refractivity contribution in [3.05, 3.63) is 0 Å². The third kappa shape index (κ3) is 3.55. The van der Waals surface area contributed by atoms with Crippen LogP contribution in [0.5, 0.6) is 0 Å². The number of carbonyl (C=O) groups is 2. The quantitative estimate of drug-likeness (QED) is 0.660. The highest BCUT2D eigenvalue weighted by molar-refractivity contribution is 5.70. The van der Waals surface area contributed by atoms with Gasteiger partial charge in [-0.25, -0.2) is 9.59 Å². The third-order valence-electron chi connectivity index (χ3n) is 2.47. The normalized spacial score (nSPS) is 20.2. The molecule has 1 fully saturated rings. The van der Waals surface area contributed by atoms with E-state index in [0.29, 0.717) is 6.54 Å².